The van der Waals surface area contributed by atoms with Crippen LogP contribution in [0.5, 0.6) is 0 Å². The molecule has 4 rings (SSSR count). The monoisotopic (exact) mass is 337 g/mol. The first-order valence-electron chi connectivity index (χ1n) is 8.79. The average molecular weight is 337 g/mol. The van der Waals surface area contributed by atoms with E-state index < -0.39 is 0 Å². The largest absolute Gasteiger partial charge is 0.358 e. The summed E-state index contributed by atoms with van der Waals surface area (Å²) in [7, 11) is 0. The lowest BCUT2D eigenvalue weighted by molar-refractivity contribution is 0.246. The average Bonchev–Trinajstić information content (AvgIpc) is 3.28. The van der Waals surface area contributed by atoms with Crippen molar-refractivity contribution in [3.8, 4) is 0 Å². The molecule has 0 spiro atoms. The summed E-state index contributed by atoms with van der Waals surface area (Å²) in [6, 6.07) is 10.7. The van der Waals surface area contributed by atoms with Gasteiger partial charge in [-0.25, -0.2) is 0 Å². The molecule has 2 saturated carbocycles. The van der Waals surface area contributed by atoms with E-state index >= 15 is 0 Å². The fourth-order valence-corrected chi connectivity index (χ4v) is 4.97. The molecule has 3 aliphatic carbocycles. The Labute approximate surface area is 148 Å². The van der Waals surface area contributed by atoms with Crippen LogP contribution in [0.4, 0.5) is 0 Å². The molecule has 0 radical (unpaired) electrons. The summed E-state index contributed by atoms with van der Waals surface area (Å²) >= 11 is 5.39. The predicted molar refractivity (Wildman–Crippen MR) is 104 cm³/mol. The van der Waals surface area contributed by atoms with Gasteiger partial charge in [0.15, 0.2) is 5.11 Å². The Morgan fingerprint density at radius 2 is 2.04 bits per heavy atom. The van der Waals surface area contributed by atoms with Gasteiger partial charge in [-0.1, -0.05) is 48.6 Å². The first-order valence-corrected chi connectivity index (χ1v) is 9.20. The Morgan fingerprint density at radius 3 is 2.92 bits per heavy atom. The summed E-state index contributed by atoms with van der Waals surface area (Å²) in [6.45, 7) is 0. The Kier molecular flexibility index (Phi) is 4.48. The zero-order valence-electron chi connectivity index (χ0n) is 13.6. The van der Waals surface area contributed by atoms with Crippen LogP contribution in [0.1, 0.15) is 24.8 Å². The number of benzene rings is 1. The molecule has 2 N–H and O–H groups in total. The van der Waals surface area contributed by atoms with Crippen LogP contribution in [0.15, 0.2) is 53.7 Å². The number of hydrazone groups is 1. The summed E-state index contributed by atoms with van der Waals surface area (Å²) < 4.78 is 0. The fraction of sp³-hybridized carbons (Fsp3) is 0.400. The number of fused-ring (bicyclic) bond motifs is 5. The van der Waals surface area contributed by atoms with Gasteiger partial charge in [-0.15, -0.1) is 0 Å². The van der Waals surface area contributed by atoms with E-state index in [4.69, 9.17) is 12.2 Å². The second-order valence-electron chi connectivity index (χ2n) is 7.04. The number of rotatable bonds is 4. The van der Waals surface area contributed by atoms with Crippen molar-refractivity contribution in [2.24, 2.45) is 28.8 Å². The van der Waals surface area contributed by atoms with Crippen LogP contribution in [0.2, 0.25) is 0 Å². The minimum Gasteiger partial charge on any atom is -0.358 e. The Morgan fingerprint density at radius 1 is 1.17 bits per heavy atom. The molecule has 24 heavy (non-hydrogen) atoms. The van der Waals surface area contributed by atoms with Crippen molar-refractivity contribution >= 4 is 29.6 Å². The molecule has 3 nitrogen and oxygen atoms in total. The first kappa shape index (κ1) is 15.6. The topological polar surface area (TPSA) is 36.4 Å². The number of hydrogen-bond donors (Lipinski definition) is 2. The maximum Gasteiger partial charge on any atom is 0.187 e. The van der Waals surface area contributed by atoms with Crippen LogP contribution in [0.25, 0.3) is 6.08 Å². The van der Waals surface area contributed by atoms with Gasteiger partial charge in [-0.2, -0.15) is 5.10 Å². The molecule has 4 heteroatoms. The Balaban J connectivity index is 1.24. The van der Waals surface area contributed by atoms with Gasteiger partial charge in [0, 0.05) is 12.3 Å². The molecule has 1 aromatic rings. The van der Waals surface area contributed by atoms with Gasteiger partial charge in [-0.3, -0.25) is 5.43 Å². The molecule has 0 heterocycles. The van der Waals surface area contributed by atoms with Gasteiger partial charge in [0.2, 0.25) is 0 Å². The predicted octanol–water partition coefficient (Wildman–Crippen LogP) is 3.75. The molecule has 5 atom stereocenters. The summed E-state index contributed by atoms with van der Waals surface area (Å²) in [5.74, 6) is 3.32. The van der Waals surface area contributed by atoms with Crippen LogP contribution in [0.3, 0.4) is 0 Å². The van der Waals surface area contributed by atoms with Crippen LogP contribution < -0.4 is 10.7 Å². The lowest BCUT2D eigenvalue weighted by Gasteiger charge is -2.32. The minimum atomic E-state index is 0.508. The third-order valence-electron chi connectivity index (χ3n) is 5.74. The lowest BCUT2D eigenvalue weighted by atomic mass is 9.79. The maximum absolute atomic E-state index is 5.39. The second kappa shape index (κ2) is 6.89. The highest BCUT2D eigenvalue weighted by Gasteiger charge is 2.52. The van der Waals surface area contributed by atoms with Crippen LogP contribution in [-0.4, -0.2) is 17.4 Å². The SMILES string of the molecule is S=C(N/N=C\C=C\c1ccccc1)N[C@@H]1C[C@@H]2C[C@@H]1[C@@H]1C=CC[C@@H]21. The molecule has 124 valence electrons. The van der Waals surface area contributed by atoms with Crippen molar-refractivity contribution in [3.63, 3.8) is 0 Å². The quantitative estimate of drug-likeness (QED) is 0.380. The normalized spacial score (nSPS) is 33.4. The molecule has 0 aliphatic heterocycles. The zero-order valence-corrected chi connectivity index (χ0v) is 14.5. The molecular weight excluding hydrogens is 314 g/mol. The number of nitrogens with one attached hydrogen (secondary N) is 2. The van der Waals surface area contributed by atoms with Gasteiger partial charge in [0.25, 0.3) is 0 Å². The van der Waals surface area contributed by atoms with E-state index in [2.05, 4.69) is 40.1 Å². The van der Waals surface area contributed by atoms with Crippen molar-refractivity contribution in [2.45, 2.75) is 25.3 Å². The van der Waals surface area contributed by atoms with Crippen LogP contribution >= 0.6 is 12.2 Å². The first-order chi connectivity index (χ1) is 11.8. The second-order valence-corrected chi connectivity index (χ2v) is 7.45. The fourth-order valence-electron chi connectivity index (χ4n) is 4.77. The number of nitrogens with zero attached hydrogens (tertiary/aromatic N) is 1. The van der Waals surface area contributed by atoms with E-state index in [1.165, 1.54) is 19.3 Å². The van der Waals surface area contributed by atoms with E-state index in [1.54, 1.807) is 6.21 Å². The lowest BCUT2D eigenvalue weighted by Crippen LogP contribution is -2.45. The van der Waals surface area contributed by atoms with Crippen LogP contribution in [0, 0.1) is 23.7 Å². The van der Waals surface area contributed by atoms with Crippen molar-refractivity contribution in [2.75, 3.05) is 0 Å². The van der Waals surface area contributed by atoms with E-state index in [1.807, 2.05) is 30.4 Å². The van der Waals surface area contributed by atoms with Gasteiger partial charge in [0.1, 0.15) is 0 Å². The molecule has 3 aliphatic rings. The zero-order chi connectivity index (χ0) is 16.4. The Hall–Kier alpha value is -1.94. The third kappa shape index (κ3) is 3.16. The van der Waals surface area contributed by atoms with Gasteiger partial charge in [0.05, 0.1) is 0 Å². The van der Waals surface area contributed by atoms with Crippen molar-refractivity contribution in [1.82, 2.24) is 10.7 Å². The Bertz CT molecular complexity index is 679. The third-order valence-corrected chi connectivity index (χ3v) is 5.95. The van der Waals surface area contributed by atoms with E-state index in [0.29, 0.717) is 11.2 Å². The van der Waals surface area contributed by atoms with Gasteiger partial charge < -0.3 is 5.32 Å². The molecule has 0 saturated heterocycles. The maximum atomic E-state index is 5.39. The smallest absolute Gasteiger partial charge is 0.187 e. The minimum absolute atomic E-state index is 0.508. The number of allylic oxidation sites excluding steroid dienone is 3. The number of thiocarbonyl (C=S) groups is 1. The van der Waals surface area contributed by atoms with Gasteiger partial charge in [-0.05, 0) is 66.8 Å². The van der Waals surface area contributed by atoms with Crippen LogP contribution in [-0.2, 0) is 0 Å². The molecule has 2 fully saturated rings. The van der Waals surface area contributed by atoms with Crippen molar-refractivity contribution in [1.29, 1.82) is 0 Å². The summed E-state index contributed by atoms with van der Waals surface area (Å²) in [5, 5.41) is 8.29. The molecule has 0 aromatic heterocycles. The molecule has 0 unspecified atom stereocenters. The molecule has 0 amide bonds. The van der Waals surface area contributed by atoms with E-state index in [0.717, 1.165) is 29.2 Å². The molecule has 2 bridgehead atoms. The highest BCUT2D eigenvalue weighted by molar-refractivity contribution is 7.80. The molecule has 1 aromatic carbocycles. The summed E-state index contributed by atoms with van der Waals surface area (Å²) in [5.41, 5.74) is 4.09. The summed E-state index contributed by atoms with van der Waals surface area (Å²) in [6.07, 6.45) is 14.4. The standard InChI is InChI=1S/C20H23N3S/c24-20(23-21-11-5-8-14-6-2-1-3-7-14)22-19-13-15-12-18(19)17-10-4-9-16(15)17/h1-8,10-11,15-19H,9,12-13H2,(H2,22,23,24)/b8-5+,21-11-/t15-,16-,17+,18+,19+/m0/s1. The van der Waals surface area contributed by atoms with Crippen molar-refractivity contribution < 1.29 is 0 Å². The molecular formula is C20H23N3S. The number of hydrogen-bond acceptors (Lipinski definition) is 2. The van der Waals surface area contributed by atoms with E-state index in [9.17, 15) is 0 Å². The van der Waals surface area contributed by atoms with Gasteiger partial charge >= 0.3 is 0 Å². The highest BCUT2D eigenvalue weighted by atomic mass is 32.1. The summed E-state index contributed by atoms with van der Waals surface area (Å²) in [4.78, 5) is 0. The van der Waals surface area contributed by atoms with Crippen molar-refractivity contribution in [3.05, 3.63) is 54.1 Å². The van der Waals surface area contributed by atoms with E-state index in [-0.39, 0.29) is 0 Å². The highest BCUT2D eigenvalue weighted by Crippen LogP contribution is 2.56.